The third-order valence-corrected chi connectivity index (χ3v) is 2.93. The van der Waals surface area contributed by atoms with Crippen LogP contribution in [0.4, 0.5) is 0 Å². The minimum absolute atomic E-state index is 0.128. The Bertz CT molecular complexity index is 389. The molecule has 16 heavy (non-hydrogen) atoms. The van der Waals surface area contributed by atoms with Gasteiger partial charge in [0.05, 0.1) is 12.0 Å². The van der Waals surface area contributed by atoms with Crippen LogP contribution in [0.1, 0.15) is 22.3 Å². The Kier molecular flexibility index (Phi) is 4.85. The van der Waals surface area contributed by atoms with Crippen molar-refractivity contribution in [2.45, 2.75) is 12.2 Å². The summed E-state index contributed by atoms with van der Waals surface area (Å²) < 4.78 is 0. The quantitative estimate of drug-likeness (QED) is 0.745. The van der Waals surface area contributed by atoms with E-state index in [-0.39, 0.29) is 12.0 Å². The Labute approximate surface area is 97.3 Å². The van der Waals surface area contributed by atoms with E-state index in [1.54, 1.807) is 12.1 Å². The highest BCUT2D eigenvalue weighted by atomic mass is 32.2. The average molecular weight is 240 g/mol. The number of hydrogen-bond acceptors (Lipinski definition) is 3. The molecule has 5 heteroatoms. The summed E-state index contributed by atoms with van der Waals surface area (Å²) in [5.41, 5.74) is 1.16. The Balaban J connectivity index is 2.45. The fourth-order valence-electron chi connectivity index (χ4n) is 1.14. The summed E-state index contributed by atoms with van der Waals surface area (Å²) in [5.74, 6) is -0.592. The second-order valence-corrected chi connectivity index (χ2v) is 4.31. The van der Waals surface area contributed by atoms with Crippen molar-refractivity contribution in [1.29, 1.82) is 0 Å². The van der Waals surface area contributed by atoms with Crippen LogP contribution in [0.25, 0.3) is 0 Å². The number of carboxylic acid groups (broad SMARTS) is 2. The number of thioether (sulfide) groups is 1. The third kappa shape index (κ3) is 4.35. The van der Waals surface area contributed by atoms with Gasteiger partial charge in [0.2, 0.25) is 0 Å². The van der Waals surface area contributed by atoms with Crippen molar-refractivity contribution in [3.63, 3.8) is 0 Å². The summed E-state index contributed by atoms with van der Waals surface area (Å²) in [4.78, 5) is 21.0. The molecule has 0 spiro atoms. The van der Waals surface area contributed by atoms with E-state index in [1.165, 1.54) is 17.8 Å². The van der Waals surface area contributed by atoms with Crippen molar-refractivity contribution >= 4 is 23.7 Å². The fraction of sp³-hybridized carbons (Fsp3) is 0.273. The van der Waals surface area contributed by atoms with Crippen LogP contribution >= 0.6 is 11.8 Å². The molecule has 0 saturated carbocycles. The van der Waals surface area contributed by atoms with Crippen molar-refractivity contribution in [3.8, 4) is 0 Å². The van der Waals surface area contributed by atoms with Gasteiger partial charge in [0.1, 0.15) is 0 Å². The minimum Gasteiger partial charge on any atom is -0.481 e. The summed E-state index contributed by atoms with van der Waals surface area (Å²) in [5, 5.41) is 17.2. The Morgan fingerprint density at radius 3 is 2.62 bits per heavy atom. The van der Waals surface area contributed by atoms with Gasteiger partial charge in [-0.2, -0.15) is 11.8 Å². The van der Waals surface area contributed by atoms with E-state index in [4.69, 9.17) is 10.2 Å². The van der Waals surface area contributed by atoms with Gasteiger partial charge in [0.15, 0.2) is 0 Å². The molecular weight excluding hydrogens is 228 g/mol. The van der Waals surface area contributed by atoms with Gasteiger partial charge in [-0.25, -0.2) is 4.79 Å². The maximum absolute atomic E-state index is 10.7. The van der Waals surface area contributed by atoms with Crippen molar-refractivity contribution < 1.29 is 19.8 Å². The number of carbonyl (C=O) groups is 2. The van der Waals surface area contributed by atoms with E-state index < -0.39 is 11.9 Å². The molecule has 0 aliphatic carbocycles. The highest BCUT2D eigenvalue weighted by Crippen LogP contribution is 2.14. The summed E-state index contributed by atoms with van der Waals surface area (Å²) in [6.45, 7) is 0. The van der Waals surface area contributed by atoms with E-state index in [1.807, 2.05) is 6.07 Å². The maximum atomic E-state index is 10.7. The first-order chi connectivity index (χ1) is 7.59. The van der Waals surface area contributed by atoms with Gasteiger partial charge in [0, 0.05) is 11.5 Å². The highest BCUT2D eigenvalue weighted by Gasteiger charge is 2.03. The Morgan fingerprint density at radius 2 is 2.00 bits per heavy atom. The predicted molar refractivity (Wildman–Crippen MR) is 61.8 cm³/mol. The second-order valence-electron chi connectivity index (χ2n) is 3.20. The smallest absolute Gasteiger partial charge is 0.335 e. The van der Waals surface area contributed by atoms with Crippen molar-refractivity contribution in [3.05, 3.63) is 35.4 Å². The maximum Gasteiger partial charge on any atom is 0.335 e. The number of aromatic carboxylic acids is 1. The SMILES string of the molecule is O=C(O)CCSCc1cccc(C(=O)O)c1. The van der Waals surface area contributed by atoms with Crippen molar-refractivity contribution in [2.75, 3.05) is 5.75 Å². The molecule has 0 aromatic heterocycles. The second kappa shape index (κ2) is 6.17. The number of carboxylic acids is 2. The number of rotatable bonds is 6. The molecule has 0 atom stereocenters. The molecule has 1 aromatic carbocycles. The summed E-state index contributed by atoms with van der Waals surface area (Å²) in [7, 11) is 0. The first-order valence-electron chi connectivity index (χ1n) is 4.71. The van der Waals surface area contributed by atoms with Crippen LogP contribution in [0.3, 0.4) is 0 Å². The first kappa shape index (κ1) is 12.6. The normalized spacial score (nSPS) is 10.0. The first-order valence-corrected chi connectivity index (χ1v) is 5.87. The van der Waals surface area contributed by atoms with Crippen molar-refractivity contribution in [2.24, 2.45) is 0 Å². The van der Waals surface area contributed by atoms with E-state index in [2.05, 4.69) is 0 Å². The molecule has 4 nitrogen and oxygen atoms in total. The average Bonchev–Trinajstić information content (AvgIpc) is 2.24. The molecule has 0 radical (unpaired) electrons. The largest absolute Gasteiger partial charge is 0.481 e. The predicted octanol–water partition coefficient (Wildman–Crippen LogP) is 2.09. The molecule has 0 heterocycles. The lowest BCUT2D eigenvalue weighted by Crippen LogP contribution is -1.98. The van der Waals surface area contributed by atoms with Gasteiger partial charge in [-0.05, 0) is 17.7 Å². The summed E-state index contributed by atoms with van der Waals surface area (Å²) >= 11 is 1.48. The number of hydrogen-bond donors (Lipinski definition) is 2. The Hall–Kier alpha value is -1.49. The zero-order valence-electron chi connectivity index (χ0n) is 8.55. The molecule has 86 valence electrons. The van der Waals surface area contributed by atoms with Gasteiger partial charge in [-0.3, -0.25) is 4.79 Å². The van der Waals surface area contributed by atoms with Crippen LogP contribution in [0.15, 0.2) is 24.3 Å². The van der Waals surface area contributed by atoms with Crippen LogP contribution < -0.4 is 0 Å². The lowest BCUT2D eigenvalue weighted by atomic mass is 10.1. The van der Waals surface area contributed by atoms with Crippen LogP contribution in [-0.2, 0) is 10.5 Å². The monoisotopic (exact) mass is 240 g/mol. The molecule has 2 N–H and O–H groups in total. The third-order valence-electron chi connectivity index (χ3n) is 1.90. The molecule has 0 bridgehead atoms. The van der Waals surface area contributed by atoms with Gasteiger partial charge in [-0.1, -0.05) is 12.1 Å². The molecule has 1 rings (SSSR count). The van der Waals surface area contributed by atoms with Gasteiger partial charge in [0.25, 0.3) is 0 Å². The van der Waals surface area contributed by atoms with Gasteiger partial charge >= 0.3 is 11.9 Å². The van der Waals surface area contributed by atoms with E-state index in [0.717, 1.165) is 5.56 Å². The molecule has 0 aliphatic heterocycles. The molecule has 0 amide bonds. The van der Waals surface area contributed by atoms with E-state index >= 15 is 0 Å². The zero-order chi connectivity index (χ0) is 12.0. The molecule has 0 unspecified atom stereocenters. The summed E-state index contributed by atoms with van der Waals surface area (Å²) in [6.07, 6.45) is 0.128. The van der Waals surface area contributed by atoms with E-state index in [9.17, 15) is 9.59 Å². The minimum atomic E-state index is -0.947. The topological polar surface area (TPSA) is 74.6 Å². The zero-order valence-corrected chi connectivity index (χ0v) is 9.37. The molecule has 0 aliphatic rings. The Morgan fingerprint density at radius 1 is 1.25 bits per heavy atom. The van der Waals surface area contributed by atoms with Gasteiger partial charge in [-0.15, -0.1) is 0 Å². The van der Waals surface area contributed by atoms with Crippen LogP contribution in [-0.4, -0.2) is 27.9 Å². The van der Waals surface area contributed by atoms with Crippen LogP contribution in [0.5, 0.6) is 0 Å². The molecule has 0 fully saturated rings. The van der Waals surface area contributed by atoms with E-state index in [0.29, 0.717) is 11.5 Å². The molecular formula is C11H12O4S. The van der Waals surface area contributed by atoms with Crippen LogP contribution in [0, 0.1) is 0 Å². The number of aliphatic carboxylic acids is 1. The fourth-order valence-corrected chi connectivity index (χ4v) is 2.02. The number of benzene rings is 1. The summed E-state index contributed by atoms with van der Waals surface area (Å²) in [6, 6.07) is 6.67. The lowest BCUT2D eigenvalue weighted by Gasteiger charge is -2.01. The molecule has 1 aromatic rings. The highest BCUT2D eigenvalue weighted by molar-refractivity contribution is 7.98. The van der Waals surface area contributed by atoms with Gasteiger partial charge < -0.3 is 10.2 Å². The van der Waals surface area contributed by atoms with Crippen molar-refractivity contribution in [1.82, 2.24) is 0 Å². The molecule has 0 saturated heterocycles. The lowest BCUT2D eigenvalue weighted by molar-refractivity contribution is -0.136. The van der Waals surface area contributed by atoms with Crippen LogP contribution in [0.2, 0.25) is 0 Å². The standard InChI is InChI=1S/C11H12O4S/c12-10(13)4-5-16-7-8-2-1-3-9(6-8)11(14)15/h1-3,6H,4-5,7H2,(H,12,13)(H,14,15).